The van der Waals surface area contributed by atoms with Crippen molar-refractivity contribution < 1.29 is 13.6 Å². The van der Waals surface area contributed by atoms with Crippen LogP contribution in [0.4, 0.5) is 20.2 Å². The third-order valence-electron chi connectivity index (χ3n) is 6.87. The standard InChI is InChI=1S/C28H33F2N5O/c1-3-33-23-14-22(30)26(25-19(17(2)15-31)10-7-11-21(25)29)35-27(23)28(36)34-24-16-32-13-12-20(24)18-8-5-4-6-9-18/h7,10-14,16-18,33H,3-6,8-9,15,31H2,1-2H3,(H,34,36). The summed E-state index contributed by atoms with van der Waals surface area (Å²) < 4.78 is 30.3. The Hall–Kier alpha value is -3.39. The minimum absolute atomic E-state index is 0.0127. The quantitative estimate of drug-likeness (QED) is 0.347. The molecule has 1 aromatic carbocycles. The van der Waals surface area contributed by atoms with E-state index in [1.807, 2.05) is 19.9 Å². The zero-order chi connectivity index (χ0) is 25.7. The van der Waals surface area contributed by atoms with Gasteiger partial charge in [-0.15, -0.1) is 0 Å². The molecule has 1 amide bonds. The largest absolute Gasteiger partial charge is 0.383 e. The van der Waals surface area contributed by atoms with Gasteiger partial charge in [0.15, 0.2) is 11.5 Å². The summed E-state index contributed by atoms with van der Waals surface area (Å²) >= 11 is 0. The summed E-state index contributed by atoms with van der Waals surface area (Å²) in [4.78, 5) is 22.1. The highest BCUT2D eigenvalue weighted by atomic mass is 19.1. The molecular weight excluding hydrogens is 460 g/mol. The van der Waals surface area contributed by atoms with E-state index < -0.39 is 17.5 Å². The maximum Gasteiger partial charge on any atom is 0.276 e. The maximum atomic E-state index is 15.3. The van der Waals surface area contributed by atoms with Crippen molar-refractivity contribution in [1.29, 1.82) is 0 Å². The normalized spacial score (nSPS) is 14.9. The number of carbonyl (C=O) groups excluding carboxylic acids is 1. The van der Waals surface area contributed by atoms with Gasteiger partial charge in [0.25, 0.3) is 5.91 Å². The average molecular weight is 494 g/mol. The first-order valence-electron chi connectivity index (χ1n) is 12.6. The van der Waals surface area contributed by atoms with E-state index in [0.29, 0.717) is 23.7 Å². The lowest BCUT2D eigenvalue weighted by atomic mass is 9.84. The van der Waals surface area contributed by atoms with Crippen LogP contribution in [0.5, 0.6) is 0 Å². The van der Waals surface area contributed by atoms with Gasteiger partial charge in [0, 0.05) is 24.4 Å². The van der Waals surface area contributed by atoms with Crippen LogP contribution in [0.3, 0.4) is 0 Å². The molecule has 1 saturated carbocycles. The number of aromatic nitrogens is 2. The van der Waals surface area contributed by atoms with Gasteiger partial charge >= 0.3 is 0 Å². The van der Waals surface area contributed by atoms with Crippen LogP contribution in [0.2, 0.25) is 0 Å². The second-order valence-corrected chi connectivity index (χ2v) is 9.34. The molecule has 6 nitrogen and oxygen atoms in total. The average Bonchev–Trinajstić information content (AvgIpc) is 2.89. The molecule has 0 aliphatic heterocycles. The van der Waals surface area contributed by atoms with Crippen LogP contribution < -0.4 is 16.4 Å². The summed E-state index contributed by atoms with van der Waals surface area (Å²) in [6, 6.07) is 7.68. The van der Waals surface area contributed by atoms with E-state index in [9.17, 15) is 4.79 Å². The first-order valence-corrected chi connectivity index (χ1v) is 12.6. The van der Waals surface area contributed by atoms with Crippen LogP contribution in [0.15, 0.2) is 42.7 Å². The Morgan fingerprint density at radius 1 is 1.14 bits per heavy atom. The monoisotopic (exact) mass is 493 g/mol. The second kappa shape index (κ2) is 11.6. The van der Waals surface area contributed by atoms with E-state index in [0.717, 1.165) is 31.2 Å². The molecule has 2 heterocycles. The number of carbonyl (C=O) groups is 1. The number of nitrogens with two attached hydrogens (primary N) is 1. The number of hydrogen-bond donors (Lipinski definition) is 3. The molecule has 0 spiro atoms. The van der Waals surface area contributed by atoms with Gasteiger partial charge in [-0.25, -0.2) is 13.8 Å². The van der Waals surface area contributed by atoms with E-state index in [1.165, 1.54) is 18.6 Å². The van der Waals surface area contributed by atoms with Crippen molar-refractivity contribution in [2.45, 2.75) is 57.8 Å². The molecule has 4 rings (SSSR count). The van der Waals surface area contributed by atoms with Crippen molar-refractivity contribution in [1.82, 2.24) is 9.97 Å². The van der Waals surface area contributed by atoms with Crippen LogP contribution >= 0.6 is 0 Å². The van der Waals surface area contributed by atoms with Gasteiger partial charge in [-0.2, -0.15) is 0 Å². The highest BCUT2D eigenvalue weighted by molar-refractivity contribution is 6.07. The van der Waals surface area contributed by atoms with Crippen LogP contribution in [-0.4, -0.2) is 29.0 Å². The molecule has 0 saturated heterocycles. The number of amides is 1. The summed E-state index contributed by atoms with van der Waals surface area (Å²) in [5.41, 5.74) is 8.06. The van der Waals surface area contributed by atoms with Crippen molar-refractivity contribution >= 4 is 17.3 Å². The Morgan fingerprint density at radius 2 is 1.92 bits per heavy atom. The number of anilines is 2. The SMILES string of the molecule is CCNc1cc(F)c(-c2c(F)cccc2C(C)CN)nc1C(=O)Nc1cnccc1C1CCCCC1. The Bertz CT molecular complexity index is 1230. The van der Waals surface area contributed by atoms with Crippen molar-refractivity contribution in [2.75, 3.05) is 23.7 Å². The molecule has 0 radical (unpaired) electrons. The summed E-state index contributed by atoms with van der Waals surface area (Å²) in [7, 11) is 0. The predicted octanol–water partition coefficient (Wildman–Crippen LogP) is 6.22. The Morgan fingerprint density at radius 3 is 2.64 bits per heavy atom. The smallest absolute Gasteiger partial charge is 0.276 e. The predicted molar refractivity (Wildman–Crippen MR) is 139 cm³/mol. The summed E-state index contributed by atoms with van der Waals surface area (Å²) in [6.07, 6.45) is 9.01. The van der Waals surface area contributed by atoms with E-state index >= 15 is 8.78 Å². The Balaban J connectivity index is 1.77. The minimum Gasteiger partial charge on any atom is -0.383 e. The van der Waals surface area contributed by atoms with Crippen molar-refractivity contribution in [3.05, 3.63) is 71.2 Å². The van der Waals surface area contributed by atoms with Gasteiger partial charge in [0.05, 0.1) is 17.6 Å². The van der Waals surface area contributed by atoms with Crippen molar-refractivity contribution in [3.8, 4) is 11.3 Å². The summed E-state index contributed by atoms with van der Waals surface area (Å²) in [5.74, 6) is -1.73. The molecule has 36 heavy (non-hydrogen) atoms. The fourth-order valence-electron chi connectivity index (χ4n) is 4.95. The number of halogens is 2. The highest BCUT2D eigenvalue weighted by Gasteiger charge is 2.25. The van der Waals surface area contributed by atoms with E-state index in [2.05, 4.69) is 20.6 Å². The Kier molecular flexibility index (Phi) is 8.25. The molecule has 1 atom stereocenters. The zero-order valence-electron chi connectivity index (χ0n) is 20.8. The van der Waals surface area contributed by atoms with Gasteiger partial charge in [0.2, 0.25) is 0 Å². The first kappa shape index (κ1) is 25.7. The number of nitrogens with one attached hydrogen (secondary N) is 2. The Labute approximate surface area is 210 Å². The number of benzene rings is 1. The molecule has 0 bridgehead atoms. The lowest BCUT2D eigenvalue weighted by Gasteiger charge is -2.24. The topological polar surface area (TPSA) is 92.9 Å². The third-order valence-corrected chi connectivity index (χ3v) is 6.87. The van der Waals surface area contributed by atoms with Crippen LogP contribution in [0.1, 0.15) is 79.4 Å². The van der Waals surface area contributed by atoms with Crippen LogP contribution in [-0.2, 0) is 0 Å². The van der Waals surface area contributed by atoms with Gasteiger partial charge in [-0.1, -0.05) is 38.3 Å². The van der Waals surface area contributed by atoms with E-state index in [1.54, 1.807) is 24.5 Å². The van der Waals surface area contributed by atoms with Crippen LogP contribution in [0.25, 0.3) is 11.3 Å². The summed E-state index contributed by atoms with van der Waals surface area (Å²) in [5, 5.41) is 5.95. The molecular formula is C28H33F2N5O. The summed E-state index contributed by atoms with van der Waals surface area (Å²) in [6.45, 7) is 4.39. The molecule has 1 aliphatic rings. The molecule has 1 unspecified atom stereocenters. The number of nitrogens with zero attached hydrogens (tertiary/aromatic N) is 2. The fourth-order valence-corrected chi connectivity index (χ4v) is 4.95. The second-order valence-electron chi connectivity index (χ2n) is 9.34. The number of hydrogen-bond acceptors (Lipinski definition) is 5. The lowest BCUT2D eigenvalue weighted by molar-refractivity contribution is 0.102. The highest BCUT2D eigenvalue weighted by Crippen LogP contribution is 2.37. The molecule has 190 valence electrons. The van der Waals surface area contributed by atoms with E-state index in [-0.39, 0.29) is 35.1 Å². The van der Waals surface area contributed by atoms with Crippen molar-refractivity contribution in [2.24, 2.45) is 5.73 Å². The molecule has 4 N–H and O–H groups in total. The first-order chi connectivity index (χ1) is 17.4. The minimum atomic E-state index is -0.720. The molecule has 8 heteroatoms. The van der Waals surface area contributed by atoms with Gasteiger partial charge < -0.3 is 16.4 Å². The number of rotatable bonds is 8. The molecule has 2 aromatic heterocycles. The van der Waals surface area contributed by atoms with Gasteiger partial charge in [-0.05, 0) is 61.4 Å². The van der Waals surface area contributed by atoms with Gasteiger partial charge in [0.1, 0.15) is 11.5 Å². The van der Waals surface area contributed by atoms with Gasteiger partial charge in [-0.3, -0.25) is 9.78 Å². The van der Waals surface area contributed by atoms with Crippen LogP contribution in [0, 0.1) is 11.6 Å². The maximum absolute atomic E-state index is 15.3. The van der Waals surface area contributed by atoms with Crippen molar-refractivity contribution in [3.63, 3.8) is 0 Å². The third kappa shape index (κ3) is 5.38. The zero-order valence-corrected chi connectivity index (χ0v) is 20.8. The van der Waals surface area contributed by atoms with E-state index in [4.69, 9.17) is 5.73 Å². The number of pyridine rings is 2. The molecule has 3 aromatic rings. The molecule has 1 aliphatic carbocycles. The fraction of sp³-hybridized carbons (Fsp3) is 0.393. The molecule has 1 fully saturated rings. The lowest BCUT2D eigenvalue weighted by Crippen LogP contribution is -2.20.